The van der Waals surface area contributed by atoms with Gasteiger partial charge in [0.25, 0.3) is 11.2 Å². The maximum atomic E-state index is 13.3. The first-order valence-electron chi connectivity index (χ1n) is 9.69. The van der Waals surface area contributed by atoms with Crippen molar-refractivity contribution in [3.05, 3.63) is 87.2 Å². The lowest BCUT2D eigenvalue weighted by Gasteiger charge is -2.20. The smallest absolute Gasteiger partial charge is 0.269 e. The molecule has 0 aliphatic carbocycles. The van der Waals surface area contributed by atoms with Crippen molar-refractivity contribution in [3.63, 3.8) is 0 Å². The summed E-state index contributed by atoms with van der Waals surface area (Å²) in [5.74, 6) is 1.19. The third-order valence-electron chi connectivity index (χ3n) is 5.19. The molecule has 32 heavy (non-hydrogen) atoms. The van der Waals surface area contributed by atoms with Crippen molar-refractivity contribution in [3.8, 4) is 34.2 Å². The van der Waals surface area contributed by atoms with E-state index in [-0.39, 0.29) is 11.2 Å². The van der Waals surface area contributed by atoms with Gasteiger partial charge in [-0.1, -0.05) is 18.2 Å². The Balaban J connectivity index is 2.20. The van der Waals surface area contributed by atoms with Crippen LogP contribution in [0.2, 0.25) is 0 Å². The number of ether oxygens (including phenoxy) is 3. The van der Waals surface area contributed by atoms with Gasteiger partial charge in [-0.3, -0.25) is 19.5 Å². The van der Waals surface area contributed by atoms with Gasteiger partial charge in [-0.25, -0.2) is 0 Å². The largest absolute Gasteiger partial charge is 0.493 e. The second-order valence-corrected chi connectivity index (χ2v) is 6.92. The monoisotopic (exact) mass is 432 g/mol. The summed E-state index contributed by atoms with van der Waals surface area (Å²) in [6.45, 7) is 0. The highest BCUT2D eigenvalue weighted by Crippen LogP contribution is 2.46. The van der Waals surface area contributed by atoms with E-state index in [9.17, 15) is 14.9 Å². The molecule has 3 aromatic carbocycles. The molecule has 0 spiro atoms. The summed E-state index contributed by atoms with van der Waals surface area (Å²) in [7, 11) is 4.52. The fraction of sp³-hybridized carbons (Fsp3) is 0.125. The number of fused-ring (bicyclic) bond motifs is 1. The van der Waals surface area contributed by atoms with Crippen molar-refractivity contribution >= 4 is 16.5 Å². The molecule has 162 valence electrons. The molecule has 0 aliphatic heterocycles. The van der Waals surface area contributed by atoms with Crippen molar-refractivity contribution in [2.75, 3.05) is 21.3 Å². The van der Waals surface area contributed by atoms with Crippen molar-refractivity contribution in [2.24, 2.45) is 0 Å². The van der Waals surface area contributed by atoms with E-state index in [1.54, 1.807) is 22.8 Å². The van der Waals surface area contributed by atoms with Crippen LogP contribution in [0, 0.1) is 10.1 Å². The number of pyridine rings is 1. The van der Waals surface area contributed by atoms with Gasteiger partial charge in [0, 0.05) is 23.9 Å². The molecule has 0 amide bonds. The van der Waals surface area contributed by atoms with Crippen LogP contribution in [0.1, 0.15) is 0 Å². The molecule has 0 saturated heterocycles. The van der Waals surface area contributed by atoms with E-state index in [0.717, 1.165) is 0 Å². The number of para-hydroxylation sites is 1. The molecule has 8 heteroatoms. The molecular weight excluding hydrogens is 412 g/mol. The predicted molar refractivity (Wildman–Crippen MR) is 121 cm³/mol. The first kappa shape index (κ1) is 20.9. The molecule has 0 radical (unpaired) electrons. The predicted octanol–water partition coefficient (Wildman–Crippen LogP) is 4.59. The minimum atomic E-state index is -0.467. The third kappa shape index (κ3) is 3.41. The Morgan fingerprint density at radius 3 is 2.06 bits per heavy atom. The van der Waals surface area contributed by atoms with Crippen LogP contribution in [0.25, 0.3) is 27.7 Å². The maximum Gasteiger partial charge on any atom is 0.269 e. The van der Waals surface area contributed by atoms with Gasteiger partial charge in [-0.15, -0.1) is 0 Å². The van der Waals surface area contributed by atoms with Crippen LogP contribution in [-0.2, 0) is 0 Å². The minimum absolute atomic E-state index is 0.0474. The Kier molecular flexibility index (Phi) is 5.51. The highest BCUT2D eigenvalue weighted by atomic mass is 16.6. The van der Waals surface area contributed by atoms with E-state index < -0.39 is 4.92 Å². The summed E-state index contributed by atoms with van der Waals surface area (Å²) in [6, 6.07) is 18.4. The van der Waals surface area contributed by atoms with Gasteiger partial charge in [0.05, 0.1) is 37.3 Å². The first-order valence-corrected chi connectivity index (χ1v) is 9.69. The van der Waals surface area contributed by atoms with Crippen LogP contribution in [0.4, 0.5) is 5.69 Å². The second-order valence-electron chi connectivity index (χ2n) is 6.92. The molecule has 4 rings (SSSR count). The zero-order valence-electron chi connectivity index (χ0n) is 17.7. The normalized spacial score (nSPS) is 10.7. The minimum Gasteiger partial charge on any atom is -0.493 e. The number of benzene rings is 3. The molecule has 0 unspecified atom stereocenters. The molecule has 1 aromatic heterocycles. The summed E-state index contributed by atoms with van der Waals surface area (Å²) in [5.41, 5.74) is 1.45. The van der Waals surface area contributed by atoms with E-state index in [1.165, 1.54) is 39.5 Å². The van der Waals surface area contributed by atoms with Crippen molar-refractivity contribution in [2.45, 2.75) is 0 Å². The van der Waals surface area contributed by atoms with Crippen LogP contribution in [0.15, 0.2) is 71.5 Å². The summed E-state index contributed by atoms with van der Waals surface area (Å²) in [6.07, 6.45) is 0. The molecule has 0 bridgehead atoms. The zero-order valence-corrected chi connectivity index (χ0v) is 17.7. The number of non-ortho nitro benzene ring substituents is 1. The Morgan fingerprint density at radius 2 is 1.50 bits per heavy atom. The van der Waals surface area contributed by atoms with Gasteiger partial charge in [-0.2, -0.15) is 0 Å². The second kappa shape index (κ2) is 8.43. The van der Waals surface area contributed by atoms with Crippen LogP contribution in [-0.4, -0.2) is 30.8 Å². The maximum absolute atomic E-state index is 13.3. The van der Waals surface area contributed by atoms with Crippen LogP contribution in [0.5, 0.6) is 17.2 Å². The standard InChI is InChI=1S/C24H20N2O6/c1-30-19-13-16-14-20(27)25(17-7-5-4-6-8-17)22(21(16)24(32-3)23(19)31-2)15-9-11-18(12-10-15)26(28)29/h4-14H,1-3H3. The average Bonchev–Trinajstić information content (AvgIpc) is 2.82. The number of aromatic nitrogens is 1. The number of nitro benzene ring substituents is 1. The van der Waals surface area contributed by atoms with Gasteiger partial charge in [-0.05, 0) is 41.3 Å². The van der Waals surface area contributed by atoms with Crippen molar-refractivity contribution < 1.29 is 19.1 Å². The molecule has 0 saturated carbocycles. The summed E-state index contributed by atoms with van der Waals surface area (Å²) in [4.78, 5) is 24.0. The summed E-state index contributed by atoms with van der Waals surface area (Å²) < 4.78 is 18.3. The Hall–Kier alpha value is -4.33. The number of hydrogen-bond acceptors (Lipinski definition) is 6. The number of nitro groups is 1. The highest BCUT2D eigenvalue weighted by Gasteiger charge is 2.23. The topological polar surface area (TPSA) is 92.8 Å². The Bertz CT molecular complexity index is 1360. The molecule has 0 N–H and O–H groups in total. The van der Waals surface area contributed by atoms with Crippen LogP contribution < -0.4 is 19.8 Å². The van der Waals surface area contributed by atoms with Crippen molar-refractivity contribution in [1.82, 2.24) is 4.57 Å². The number of nitrogens with zero attached hydrogens (tertiary/aromatic N) is 2. The molecular formula is C24H20N2O6. The van der Waals surface area contributed by atoms with E-state index in [0.29, 0.717) is 45.0 Å². The van der Waals surface area contributed by atoms with E-state index in [1.807, 2.05) is 30.3 Å². The average molecular weight is 432 g/mol. The van der Waals surface area contributed by atoms with Gasteiger partial charge >= 0.3 is 0 Å². The van der Waals surface area contributed by atoms with Crippen molar-refractivity contribution in [1.29, 1.82) is 0 Å². The number of rotatable bonds is 6. The quantitative estimate of drug-likeness (QED) is 0.327. The SMILES string of the molecule is COc1cc2cc(=O)n(-c3ccccc3)c(-c3ccc([N+](=O)[O-])cc3)c2c(OC)c1OC. The first-order chi connectivity index (χ1) is 15.5. The zero-order chi connectivity index (χ0) is 22.8. The summed E-state index contributed by atoms with van der Waals surface area (Å²) in [5, 5.41) is 12.4. The highest BCUT2D eigenvalue weighted by molar-refractivity contribution is 6.03. The molecule has 0 aliphatic rings. The Morgan fingerprint density at radius 1 is 0.844 bits per heavy atom. The van der Waals surface area contributed by atoms with Gasteiger partial charge in [0.15, 0.2) is 11.5 Å². The van der Waals surface area contributed by atoms with E-state index in [2.05, 4.69) is 0 Å². The number of hydrogen-bond donors (Lipinski definition) is 0. The fourth-order valence-electron chi connectivity index (χ4n) is 3.80. The molecule has 0 fully saturated rings. The van der Waals surface area contributed by atoms with Crippen LogP contribution >= 0.6 is 0 Å². The molecule has 4 aromatic rings. The lowest BCUT2D eigenvalue weighted by Crippen LogP contribution is -2.20. The Labute approximate surface area is 183 Å². The molecule has 8 nitrogen and oxygen atoms in total. The molecule has 0 atom stereocenters. The third-order valence-corrected chi connectivity index (χ3v) is 5.19. The molecule has 1 heterocycles. The number of methoxy groups -OCH3 is 3. The van der Waals surface area contributed by atoms with Gasteiger partial charge < -0.3 is 14.2 Å². The van der Waals surface area contributed by atoms with Gasteiger partial charge in [0.1, 0.15) is 0 Å². The van der Waals surface area contributed by atoms with Gasteiger partial charge in [0.2, 0.25) is 5.75 Å². The summed E-state index contributed by atoms with van der Waals surface area (Å²) >= 11 is 0. The van der Waals surface area contributed by atoms with E-state index in [4.69, 9.17) is 14.2 Å². The lowest BCUT2D eigenvalue weighted by atomic mass is 10.0. The lowest BCUT2D eigenvalue weighted by molar-refractivity contribution is -0.384. The van der Waals surface area contributed by atoms with E-state index >= 15 is 0 Å². The fourth-order valence-corrected chi connectivity index (χ4v) is 3.80. The van der Waals surface area contributed by atoms with Crippen LogP contribution in [0.3, 0.4) is 0 Å².